The molecule has 3 rings (SSSR count). The Morgan fingerprint density at radius 2 is 2.07 bits per heavy atom. The van der Waals surface area contributed by atoms with E-state index in [0.29, 0.717) is 6.54 Å². The van der Waals surface area contributed by atoms with E-state index in [1.165, 1.54) is 11.3 Å². The van der Waals surface area contributed by atoms with Crippen LogP contribution < -0.4 is 5.32 Å². The third-order valence-electron chi connectivity index (χ3n) is 5.42. The molecule has 0 aromatic carbocycles. The summed E-state index contributed by atoms with van der Waals surface area (Å²) in [6.45, 7) is 4.71. The third-order valence-corrected chi connectivity index (χ3v) is 6.46. The number of rotatable bonds is 9. The number of furan rings is 1. The molecule has 2 unspecified atom stereocenters. The van der Waals surface area contributed by atoms with Crippen molar-refractivity contribution in [1.82, 2.24) is 10.2 Å². The molecule has 0 bridgehead atoms. The van der Waals surface area contributed by atoms with Crippen LogP contribution in [0.25, 0.3) is 0 Å². The largest absolute Gasteiger partial charge is 0.481 e. The van der Waals surface area contributed by atoms with Crippen molar-refractivity contribution in [2.24, 2.45) is 5.92 Å². The number of nitrogens with one attached hydrogen (secondary N) is 1. The molecule has 152 valence electrons. The summed E-state index contributed by atoms with van der Waals surface area (Å²) in [5.74, 6) is 0.278. The topological polar surface area (TPSA) is 82.8 Å². The maximum Gasteiger partial charge on any atom is 0.304 e. The number of hydrogen-bond acceptors (Lipinski definition) is 5. The lowest BCUT2D eigenvalue weighted by Gasteiger charge is -2.35. The molecule has 7 heteroatoms. The maximum absolute atomic E-state index is 12.6. The fourth-order valence-electron chi connectivity index (χ4n) is 3.74. The van der Waals surface area contributed by atoms with Gasteiger partial charge in [0.1, 0.15) is 5.76 Å². The molecule has 2 aromatic rings. The first-order valence-corrected chi connectivity index (χ1v) is 10.7. The molecule has 0 radical (unpaired) electrons. The highest BCUT2D eigenvalue weighted by Gasteiger charge is 2.27. The zero-order valence-electron chi connectivity index (χ0n) is 16.2. The highest BCUT2D eigenvalue weighted by atomic mass is 32.1. The van der Waals surface area contributed by atoms with Gasteiger partial charge in [0.05, 0.1) is 18.7 Å². The van der Waals surface area contributed by atoms with Gasteiger partial charge in [-0.2, -0.15) is 0 Å². The third kappa shape index (κ3) is 5.69. The van der Waals surface area contributed by atoms with Crippen LogP contribution in [-0.4, -0.2) is 41.5 Å². The lowest BCUT2D eigenvalue weighted by molar-refractivity contribution is -0.137. The number of aliphatic carboxylic acids is 1. The number of carbonyl (C=O) groups is 2. The minimum absolute atomic E-state index is 0.00566. The second-order valence-electron chi connectivity index (χ2n) is 7.57. The number of nitrogens with zero attached hydrogens (tertiary/aromatic N) is 1. The molecule has 28 heavy (non-hydrogen) atoms. The predicted molar refractivity (Wildman–Crippen MR) is 108 cm³/mol. The predicted octanol–water partition coefficient (Wildman–Crippen LogP) is 3.88. The maximum atomic E-state index is 12.6. The van der Waals surface area contributed by atoms with Gasteiger partial charge in [0.25, 0.3) is 0 Å². The molecule has 2 atom stereocenters. The molecule has 1 saturated heterocycles. The summed E-state index contributed by atoms with van der Waals surface area (Å²) in [5.41, 5.74) is 0. The van der Waals surface area contributed by atoms with Gasteiger partial charge < -0.3 is 14.8 Å². The minimum atomic E-state index is -0.887. The van der Waals surface area contributed by atoms with Crippen molar-refractivity contribution < 1.29 is 19.1 Å². The van der Waals surface area contributed by atoms with Crippen LogP contribution in [0.3, 0.4) is 0 Å². The number of amides is 1. The number of carboxylic acids is 1. The number of piperidine rings is 1. The summed E-state index contributed by atoms with van der Waals surface area (Å²) >= 11 is 1.49. The summed E-state index contributed by atoms with van der Waals surface area (Å²) in [5, 5.41) is 14.1. The van der Waals surface area contributed by atoms with E-state index in [0.717, 1.165) is 42.5 Å². The Balaban J connectivity index is 1.60. The number of hydrogen-bond donors (Lipinski definition) is 2. The number of thiophene rings is 1. The van der Waals surface area contributed by atoms with Crippen molar-refractivity contribution in [1.29, 1.82) is 0 Å². The van der Waals surface area contributed by atoms with Crippen LogP contribution >= 0.6 is 11.3 Å². The summed E-state index contributed by atoms with van der Waals surface area (Å²) < 4.78 is 5.63. The Morgan fingerprint density at radius 3 is 2.68 bits per heavy atom. The normalized spacial score (nSPS) is 17.9. The van der Waals surface area contributed by atoms with Crippen molar-refractivity contribution in [2.75, 3.05) is 19.6 Å². The highest BCUT2D eigenvalue weighted by molar-refractivity contribution is 7.10. The number of carboxylic acid groups (broad SMARTS) is 1. The molecule has 1 fully saturated rings. The van der Waals surface area contributed by atoms with E-state index in [9.17, 15) is 14.7 Å². The van der Waals surface area contributed by atoms with E-state index in [1.54, 1.807) is 6.26 Å². The van der Waals surface area contributed by atoms with E-state index in [2.05, 4.69) is 17.1 Å². The Morgan fingerprint density at radius 1 is 1.29 bits per heavy atom. The van der Waals surface area contributed by atoms with Gasteiger partial charge in [-0.15, -0.1) is 11.3 Å². The fraction of sp³-hybridized carbons (Fsp3) is 0.524. The van der Waals surface area contributed by atoms with Gasteiger partial charge in [0.2, 0.25) is 5.91 Å². The first kappa shape index (κ1) is 20.6. The van der Waals surface area contributed by atoms with E-state index >= 15 is 0 Å². The molecular weight excluding hydrogens is 376 g/mol. The van der Waals surface area contributed by atoms with Crippen LogP contribution in [0.1, 0.15) is 55.2 Å². The molecule has 2 N–H and O–H groups in total. The van der Waals surface area contributed by atoms with Crippen LogP contribution in [0, 0.1) is 5.92 Å². The summed E-state index contributed by atoms with van der Waals surface area (Å²) in [6.07, 6.45) is 4.08. The minimum Gasteiger partial charge on any atom is -0.481 e. The molecule has 3 heterocycles. The number of likely N-dealkylation sites (tertiary alicyclic amines) is 1. The Labute approximate surface area is 169 Å². The second-order valence-corrected chi connectivity index (χ2v) is 8.55. The van der Waals surface area contributed by atoms with Gasteiger partial charge in [-0.3, -0.25) is 14.5 Å². The molecule has 0 saturated carbocycles. The van der Waals surface area contributed by atoms with Crippen molar-refractivity contribution >= 4 is 23.2 Å². The quantitative estimate of drug-likeness (QED) is 0.663. The van der Waals surface area contributed by atoms with Gasteiger partial charge in [0.15, 0.2) is 0 Å². The zero-order chi connectivity index (χ0) is 19.9. The van der Waals surface area contributed by atoms with Crippen LogP contribution in [-0.2, 0) is 9.59 Å². The standard InChI is InChI=1S/C21H28N2O4S/c1-15-6-8-23(9-7-15)17(18-4-2-10-27-18)14-22-20(24)12-16(13-21(25)26)19-5-3-11-28-19/h2-5,10-11,15-17H,6-9,12-14H2,1H3,(H,22,24)(H,25,26). The smallest absolute Gasteiger partial charge is 0.304 e. The fourth-order valence-corrected chi connectivity index (χ4v) is 4.58. The molecular formula is C21H28N2O4S. The monoisotopic (exact) mass is 404 g/mol. The van der Waals surface area contributed by atoms with Gasteiger partial charge in [-0.05, 0) is 55.4 Å². The molecule has 0 spiro atoms. The summed E-state index contributed by atoms with van der Waals surface area (Å²) in [6, 6.07) is 7.61. The first-order chi connectivity index (χ1) is 13.5. The lowest BCUT2D eigenvalue weighted by Crippen LogP contribution is -2.42. The van der Waals surface area contributed by atoms with Gasteiger partial charge in [-0.25, -0.2) is 0 Å². The van der Waals surface area contributed by atoms with Crippen LogP contribution in [0.4, 0.5) is 0 Å². The van der Waals surface area contributed by atoms with E-state index in [-0.39, 0.29) is 30.7 Å². The average Bonchev–Trinajstić information content (AvgIpc) is 3.36. The molecule has 0 aliphatic carbocycles. The Bertz CT molecular complexity index is 737. The Kier molecular flexibility index (Phi) is 7.28. The second kappa shape index (κ2) is 9.89. The summed E-state index contributed by atoms with van der Waals surface area (Å²) in [4.78, 5) is 27.1. The van der Waals surface area contributed by atoms with Crippen LogP contribution in [0.15, 0.2) is 40.3 Å². The van der Waals surface area contributed by atoms with E-state index in [1.807, 2.05) is 29.6 Å². The van der Waals surface area contributed by atoms with Crippen molar-refractivity contribution in [3.05, 3.63) is 46.5 Å². The van der Waals surface area contributed by atoms with Crippen LogP contribution in [0.5, 0.6) is 0 Å². The summed E-state index contributed by atoms with van der Waals surface area (Å²) in [7, 11) is 0. The molecule has 6 nitrogen and oxygen atoms in total. The highest BCUT2D eigenvalue weighted by Crippen LogP contribution is 2.29. The molecule has 1 amide bonds. The zero-order valence-corrected chi connectivity index (χ0v) is 17.0. The van der Waals surface area contributed by atoms with Gasteiger partial charge in [-0.1, -0.05) is 13.0 Å². The van der Waals surface area contributed by atoms with Crippen molar-refractivity contribution in [3.8, 4) is 0 Å². The molecule has 2 aromatic heterocycles. The average molecular weight is 405 g/mol. The first-order valence-electron chi connectivity index (χ1n) is 9.82. The number of carbonyl (C=O) groups excluding carboxylic acids is 1. The molecule has 1 aliphatic rings. The van der Waals surface area contributed by atoms with Crippen molar-refractivity contribution in [2.45, 2.75) is 44.6 Å². The SMILES string of the molecule is CC1CCN(C(CNC(=O)CC(CC(=O)O)c2cccs2)c2ccco2)CC1. The van der Waals surface area contributed by atoms with E-state index < -0.39 is 5.97 Å². The molecule has 1 aliphatic heterocycles. The lowest BCUT2D eigenvalue weighted by atomic mass is 9.97. The van der Waals surface area contributed by atoms with E-state index in [4.69, 9.17) is 4.42 Å². The van der Waals surface area contributed by atoms with Crippen LogP contribution in [0.2, 0.25) is 0 Å². The van der Waals surface area contributed by atoms with Gasteiger partial charge in [0, 0.05) is 23.8 Å². The van der Waals surface area contributed by atoms with Gasteiger partial charge >= 0.3 is 5.97 Å². The van der Waals surface area contributed by atoms with Crippen molar-refractivity contribution in [3.63, 3.8) is 0 Å². The Hall–Kier alpha value is -2.12.